The van der Waals surface area contributed by atoms with Crippen LogP contribution in [-0.4, -0.2) is 25.3 Å². The molecule has 0 aliphatic heterocycles. The second kappa shape index (κ2) is 7.15. The Morgan fingerprint density at radius 2 is 1.78 bits per heavy atom. The predicted molar refractivity (Wildman–Crippen MR) is 77.9 cm³/mol. The predicted octanol–water partition coefficient (Wildman–Crippen LogP) is 3.30. The number of benzene rings is 1. The zero-order valence-electron chi connectivity index (χ0n) is 11.0. The monoisotopic (exact) mass is 288 g/mol. The van der Waals surface area contributed by atoms with Crippen molar-refractivity contribution in [1.29, 1.82) is 0 Å². The van der Waals surface area contributed by atoms with Gasteiger partial charge in [0.25, 0.3) is 0 Å². The summed E-state index contributed by atoms with van der Waals surface area (Å²) in [5.41, 5.74) is 1.21. The van der Waals surface area contributed by atoms with Gasteiger partial charge in [0.2, 0.25) is 0 Å². The molecule has 0 fully saturated rings. The van der Waals surface area contributed by atoms with Crippen molar-refractivity contribution in [3.8, 4) is 0 Å². The first-order chi connectivity index (χ1) is 8.45. The van der Waals surface area contributed by atoms with Gasteiger partial charge in [0.05, 0.1) is 11.0 Å². The van der Waals surface area contributed by atoms with Crippen LogP contribution in [0.5, 0.6) is 0 Å². The van der Waals surface area contributed by atoms with Gasteiger partial charge in [-0.3, -0.25) is 0 Å². The molecule has 18 heavy (non-hydrogen) atoms. The molecular formula is C14H21ClO2S. The lowest BCUT2D eigenvalue weighted by molar-refractivity contribution is 0.544. The second-order valence-electron chi connectivity index (χ2n) is 4.91. The van der Waals surface area contributed by atoms with Crippen LogP contribution in [0.4, 0.5) is 0 Å². The molecule has 0 bridgehead atoms. The van der Waals surface area contributed by atoms with E-state index in [4.69, 9.17) is 11.6 Å². The van der Waals surface area contributed by atoms with Gasteiger partial charge in [-0.25, -0.2) is 8.42 Å². The van der Waals surface area contributed by atoms with E-state index in [1.54, 1.807) is 13.8 Å². The first-order valence-electron chi connectivity index (χ1n) is 6.27. The molecule has 1 unspecified atom stereocenters. The third-order valence-corrected chi connectivity index (χ3v) is 5.79. The minimum Gasteiger partial charge on any atom is -0.229 e. The zero-order chi connectivity index (χ0) is 13.6. The summed E-state index contributed by atoms with van der Waals surface area (Å²) in [7, 11) is -2.95. The molecule has 1 atom stereocenters. The number of halogens is 1. The van der Waals surface area contributed by atoms with Crippen molar-refractivity contribution in [1.82, 2.24) is 0 Å². The maximum Gasteiger partial charge on any atom is 0.152 e. The highest BCUT2D eigenvalue weighted by atomic mass is 35.5. The first kappa shape index (κ1) is 15.5. The largest absolute Gasteiger partial charge is 0.229 e. The minimum atomic E-state index is -2.95. The molecule has 2 nitrogen and oxygen atoms in total. The molecule has 0 saturated carbocycles. The third-order valence-electron chi connectivity index (χ3n) is 3.11. The molecule has 0 aromatic heterocycles. The standard InChI is InChI=1S/C14H21ClO2S/c1-12(2)18(16,17)9-8-14(11-15)10-13-6-4-3-5-7-13/h3-7,12,14H,8-11H2,1-2H3. The Morgan fingerprint density at radius 3 is 2.28 bits per heavy atom. The highest BCUT2D eigenvalue weighted by Crippen LogP contribution is 2.16. The summed E-state index contributed by atoms with van der Waals surface area (Å²) in [6.45, 7) is 3.45. The van der Waals surface area contributed by atoms with Crippen molar-refractivity contribution >= 4 is 21.4 Å². The van der Waals surface area contributed by atoms with E-state index in [2.05, 4.69) is 12.1 Å². The third kappa shape index (κ3) is 4.99. The molecule has 1 aromatic rings. The van der Waals surface area contributed by atoms with E-state index < -0.39 is 9.84 Å². The second-order valence-corrected chi connectivity index (χ2v) is 7.90. The molecule has 0 aliphatic carbocycles. The van der Waals surface area contributed by atoms with Crippen molar-refractivity contribution in [2.24, 2.45) is 5.92 Å². The van der Waals surface area contributed by atoms with Crippen molar-refractivity contribution in [3.63, 3.8) is 0 Å². The molecule has 1 rings (SSSR count). The summed E-state index contributed by atoms with van der Waals surface area (Å²) in [5.74, 6) is 0.958. The fraction of sp³-hybridized carbons (Fsp3) is 0.571. The number of sulfone groups is 1. The Hall–Kier alpha value is -0.540. The summed E-state index contributed by atoms with van der Waals surface area (Å²) in [6, 6.07) is 10.1. The van der Waals surface area contributed by atoms with E-state index >= 15 is 0 Å². The lowest BCUT2D eigenvalue weighted by Gasteiger charge is -2.15. The zero-order valence-corrected chi connectivity index (χ0v) is 12.5. The van der Waals surface area contributed by atoms with Crippen LogP contribution in [0.25, 0.3) is 0 Å². The number of alkyl halides is 1. The van der Waals surface area contributed by atoms with Crippen LogP contribution in [0.1, 0.15) is 25.8 Å². The summed E-state index contributed by atoms with van der Waals surface area (Å²) >= 11 is 5.93. The molecular weight excluding hydrogens is 268 g/mol. The Labute approximate surface area is 115 Å². The summed E-state index contributed by atoms with van der Waals surface area (Å²) in [4.78, 5) is 0. The molecule has 1 aromatic carbocycles. The molecule has 0 radical (unpaired) electrons. The van der Waals surface area contributed by atoms with Gasteiger partial charge in [0.15, 0.2) is 9.84 Å². The molecule has 0 heterocycles. The van der Waals surface area contributed by atoms with Crippen molar-refractivity contribution in [2.45, 2.75) is 31.9 Å². The first-order valence-corrected chi connectivity index (χ1v) is 8.52. The lowest BCUT2D eigenvalue weighted by atomic mass is 9.99. The Balaban J connectivity index is 2.54. The lowest BCUT2D eigenvalue weighted by Crippen LogP contribution is -2.21. The van der Waals surface area contributed by atoms with Crippen LogP contribution in [0, 0.1) is 5.92 Å². The van der Waals surface area contributed by atoms with Gasteiger partial charge >= 0.3 is 0 Å². The van der Waals surface area contributed by atoms with Gasteiger partial charge in [-0.15, -0.1) is 11.6 Å². The Bertz CT molecular complexity index is 440. The maximum absolute atomic E-state index is 11.8. The van der Waals surface area contributed by atoms with E-state index in [9.17, 15) is 8.42 Å². The van der Waals surface area contributed by atoms with Crippen LogP contribution < -0.4 is 0 Å². The molecule has 0 saturated heterocycles. The van der Waals surface area contributed by atoms with E-state index in [0.717, 1.165) is 6.42 Å². The van der Waals surface area contributed by atoms with Crippen LogP contribution in [-0.2, 0) is 16.3 Å². The van der Waals surface area contributed by atoms with Gasteiger partial charge in [-0.1, -0.05) is 30.3 Å². The van der Waals surface area contributed by atoms with Gasteiger partial charge in [-0.05, 0) is 38.2 Å². The van der Waals surface area contributed by atoms with E-state index in [-0.39, 0.29) is 16.9 Å². The van der Waals surface area contributed by atoms with Crippen LogP contribution in [0.3, 0.4) is 0 Å². The van der Waals surface area contributed by atoms with Crippen molar-refractivity contribution in [3.05, 3.63) is 35.9 Å². The number of hydrogen-bond donors (Lipinski definition) is 0. The molecule has 4 heteroatoms. The Morgan fingerprint density at radius 1 is 1.17 bits per heavy atom. The summed E-state index contributed by atoms with van der Waals surface area (Å²) in [5, 5.41) is -0.301. The van der Waals surface area contributed by atoms with E-state index in [1.807, 2.05) is 18.2 Å². The quantitative estimate of drug-likeness (QED) is 0.722. The molecule has 0 N–H and O–H groups in total. The molecule has 0 aliphatic rings. The van der Waals surface area contributed by atoms with Gasteiger partial charge in [0.1, 0.15) is 0 Å². The highest BCUT2D eigenvalue weighted by molar-refractivity contribution is 7.91. The average molecular weight is 289 g/mol. The summed E-state index contributed by atoms with van der Waals surface area (Å²) < 4.78 is 23.5. The fourth-order valence-corrected chi connectivity index (χ4v) is 3.14. The number of rotatable bonds is 7. The topological polar surface area (TPSA) is 34.1 Å². The van der Waals surface area contributed by atoms with E-state index in [0.29, 0.717) is 12.3 Å². The highest BCUT2D eigenvalue weighted by Gasteiger charge is 2.18. The van der Waals surface area contributed by atoms with Gasteiger partial charge in [-0.2, -0.15) is 0 Å². The van der Waals surface area contributed by atoms with Crippen LogP contribution in [0.2, 0.25) is 0 Å². The SMILES string of the molecule is CC(C)S(=O)(=O)CCC(CCl)Cc1ccccc1. The van der Waals surface area contributed by atoms with E-state index in [1.165, 1.54) is 5.56 Å². The van der Waals surface area contributed by atoms with Crippen molar-refractivity contribution in [2.75, 3.05) is 11.6 Å². The minimum absolute atomic E-state index is 0.225. The normalized spacial score (nSPS) is 13.8. The Kier molecular flexibility index (Phi) is 6.16. The molecule has 0 spiro atoms. The van der Waals surface area contributed by atoms with Gasteiger partial charge < -0.3 is 0 Å². The van der Waals surface area contributed by atoms with Crippen LogP contribution >= 0.6 is 11.6 Å². The maximum atomic E-state index is 11.8. The van der Waals surface area contributed by atoms with Gasteiger partial charge in [0, 0.05) is 5.88 Å². The molecule has 0 amide bonds. The number of hydrogen-bond acceptors (Lipinski definition) is 2. The van der Waals surface area contributed by atoms with Crippen LogP contribution in [0.15, 0.2) is 30.3 Å². The average Bonchev–Trinajstić information content (AvgIpc) is 2.35. The van der Waals surface area contributed by atoms with Crippen molar-refractivity contribution < 1.29 is 8.42 Å². The smallest absolute Gasteiger partial charge is 0.152 e. The molecule has 102 valence electrons. The fourth-order valence-electron chi connectivity index (χ4n) is 1.75. The summed E-state index contributed by atoms with van der Waals surface area (Å²) in [6.07, 6.45) is 1.48.